The number of carbonyl (C=O) groups excluding carboxylic acids is 2. The van der Waals surface area contributed by atoms with E-state index in [0.29, 0.717) is 24.0 Å². The molecule has 0 saturated heterocycles. The Labute approximate surface area is 152 Å². The van der Waals surface area contributed by atoms with Gasteiger partial charge in [-0.2, -0.15) is 0 Å². The fourth-order valence-electron chi connectivity index (χ4n) is 5.33. The van der Waals surface area contributed by atoms with Crippen molar-refractivity contribution in [3.8, 4) is 11.5 Å². The van der Waals surface area contributed by atoms with Crippen LogP contribution in [-0.2, 0) is 15.0 Å². The van der Waals surface area contributed by atoms with Crippen LogP contribution in [0.1, 0.15) is 50.7 Å². The Hall–Kier alpha value is -2.62. The summed E-state index contributed by atoms with van der Waals surface area (Å²) in [5.41, 5.74) is 0.817. The van der Waals surface area contributed by atoms with Gasteiger partial charge in [0.25, 0.3) is 0 Å². The number of hydrogen-bond acceptors (Lipinski definition) is 4. The van der Waals surface area contributed by atoms with Crippen molar-refractivity contribution in [2.75, 3.05) is 0 Å². The second-order valence-electron chi connectivity index (χ2n) is 7.98. The molecule has 2 N–H and O–H groups in total. The van der Waals surface area contributed by atoms with E-state index in [1.54, 1.807) is 0 Å². The second kappa shape index (κ2) is 5.19. The maximum atomic E-state index is 13.3. The van der Waals surface area contributed by atoms with Crippen molar-refractivity contribution in [3.05, 3.63) is 58.7 Å². The second-order valence-corrected chi connectivity index (χ2v) is 7.98. The highest BCUT2D eigenvalue weighted by atomic mass is 16.3. The fourth-order valence-corrected chi connectivity index (χ4v) is 5.33. The number of allylic oxidation sites excluding steroid dienone is 6. The highest BCUT2D eigenvalue weighted by molar-refractivity contribution is 6.17. The summed E-state index contributed by atoms with van der Waals surface area (Å²) >= 11 is 0. The number of carbonyl (C=O) groups is 2. The minimum Gasteiger partial charge on any atom is -0.508 e. The first-order valence-electron chi connectivity index (χ1n) is 8.88. The van der Waals surface area contributed by atoms with Crippen molar-refractivity contribution >= 4 is 11.6 Å². The van der Waals surface area contributed by atoms with Gasteiger partial charge in [-0.05, 0) is 57.9 Å². The van der Waals surface area contributed by atoms with E-state index >= 15 is 0 Å². The van der Waals surface area contributed by atoms with Crippen molar-refractivity contribution in [2.45, 2.75) is 44.9 Å². The van der Waals surface area contributed by atoms with Crippen molar-refractivity contribution in [2.24, 2.45) is 5.41 Å². The predicted octanol–water partition coefficient (Wildman–Crippen LogP) is 3.83. The predicted molar refractivity (Wildman–Crippen MR) is 98.2 cm³/mol. The molecule has 26 heavy (non-hydrogen) atoms. The average Bonchev–Trinajstić information content (AvgIpc) is 2.73. The molecule has 2 bridgehead atoms. The SMILES string of the molecule is CC(C)=CCC12C(=O)C=CC(=O)C13CC(C)=CC2c1c(O)ccc(O)c13. The van der Waals surface area contributed by atoms with E-state index < -0.39 is 16.7 Å². The van der Waals surface area contributed by atoms with E-state index in [9.17, 15) is 19.8 Å². The molecule has 0 amide bonds. The maximum absolute atomic E-state index is 13.3. The monoisotopic (exact) mass is 350 g/mol. The molecule has 4 nitrogen and oxygen atoms in total. The standard InChI is InChI=1S/C22H22O4/c1-12(2)8-9-21-14-10-13(3)11-22(21,18(26)7-6-17(21)25)20-16(24)5-4-15(23)19(14)20/h4-8,10,14,23-24H,9,11H2,1-3H3. The lowest BCUT2D eigenvalue weighted by Crippen LogP contribution is -2.57. The number of phenolic OH excluding ortho intramolecular Hbond substituents is 2. The summed E-state index contributed by atoms with van der Waals surface area (Å²) in [5.74, 6) is -0.716. The van der Waals surface area contributed by atoms with E-state index in [4.69, 9.17) is 0 Å². The first-order valence-corrected chi connectivity index (χ1v) is 8.88. The summed E-state index contributed by atoms with van der Waals surface area (Å²) in [4.78, 5) is 26.6. The Balaban J connectivity index is 2.15. The van der Waals surface area contributed by atoms with Crippen LogP contribution in [0, 0.1) is 5.41 Å². The molecule has 1 aromatic carbocycles. The molecule has 3 unspecified atom stereocenters. The van der Waals surface area contributed by atoms with Gasteiger partial charge < -0.3 is 10.2 Å². The van der Waals surface area contributed by atoms with E-state index in [-0.39, 0.29) is 23.1 Å². The zero-order chi connectivity index (χ0) is 18.9. The molecule has 0 aromatic heterocycles. The van der Waals surface area contributed by atoms with Gasteiger partial charge in [0.15, 0.2) is 11.6 Å². The third kappa shape index (κ3) is 1.74. The van der Waals surface area contributed by atoms with Crippen LogP contribution >= 0.6 is 0 Å². The van der Waals surface area contributed by atoms with Gasteiger partial charge in [0.1, 0.15) is 11.5 Å². The minimum atomic E-state index is -1.16. The summed E-state index contributed by atoms with van der Waals surface area (Å²) in [6.07, 6.45) is 7.47. The highest BCUT2D eigenvalue weighted by Crippen LogP contribution is 2.71. The average molecular weight is 350 g/mol. The molecule has 3 aliphatic carbocycles. The molecule has 134 valence electrons. The van der Waals surface area contributed by atoms with Crippen LogP contribution < -0.4 is 0 Å². The number of hydrogen-bond donors (Lipinski definition) is 2. The molecule has 3 atom stereocenters. The van der Waals surface area contributed by atoms with Crippen LogP contribution in [0.4, 0.5) is 0 Å². The lowest BCUT2D eigenvalue weighted by molar-refractivity contribution is -0.139. The Kier molecular flexibility index (Phi) is 3.36. The van der Waals surface area contributed by atoms with Crippen LogP contribution in [0.15, 0.2) is 47.6 Å². The number of phenols is 2. The number of fused-ring (bicyclic) bond motifs is 2. The molecular formula is C22H22O4. The Morgan fingerprint density at radius 2 is 1.81 bits per heavy atom. The van der Waals surface area contributed by atoms with Gasteiger partial charge >= 0.3 is 0 Å². The van der Waals surface area contributed by atoms with Crippen molar-refractivity contribution in [3.63, 3.8) is 0 Å². The van der Waals surface area contributed by atoms with E-state index in [1.807, 2.05) is 32.9 Å². The zero-order valence-electron chi connectivity index (χ0n) is 15.2. The summed E-state index contributed by atoms with van der Waals surface area (Å²) in [6.45, 7) is 5.86. The molecule has 0 fully saturated rings. The largest absolute Gasteiger partial charge is 0.508 e. The topological polar surface area (TPSA) is 74.6 Å². The molecular weight excluding hydrogens is 328 g/mol. The normalized spacial score (nSPS) is 31.3. The third-order valence-corrected chi connectivity index (χ3v) is 6.30. The Morgan fingerprint density at radius 3 is 2.50 bits per heavy atom. The van der Waals surface area contributed by atoms with Gasteiger partial charge in [0, 0.05) is 17.0 Å². The summed E-state index contributed by atoms with van der Waals surface area (Å²) in [5, 5.41) is 21.3. The lowest BCUT2D eigenvalue weighted by atomic mass is 9.49. The number of aromatic hydroxyl groups is 2. The van der Waals surface area contributed by atoms with Crippen LogP contribution in [0.3, 0.4) is 0 Å². The molecule has 4 heteroatoms. The van der Waals surface area contributed by atoms with E-state index in [0.717, 1.165) is 11.1 Å². The van der Waals surface area contributed by atoms with Crippen LogP contribution in [0.2, 0.25) is 0 Å². The van der Waals surface area contributed by atoms with Crippen molar-refractivity contribution in [1.29, 1.82) is 0 Å². The number of benzene rings is 1. The molecule has 0 heterocycles. The molecule has 0 radical (unpaired) electrons. The van der Waals surface area contributed by atoms with Crippen molar-refractivity contribution < 1.29 is 19.8 Å². The molecule has 1 aromatic rings. The highest BCUT2D eigenvalue weighted by Gasteiger charge is 2.71. The molecule has 4 rings (SSSR count). The maximum Gasteiger partial charge on any atom is 0.167 e. The first kappa shape index (κ1) is 16.8. The quantitative estimate of drug-likeness (QED) is 0.628. The van der Waals surface area contributed by atoms with E-state index in [2.05, 4.69) is 0 Å². The van der Waals surface area contributed by atoms with Crippen LogP contribution in [-0.4, -0.2) is 21.8 Å². The Morgan fingerprint density at radius 1 is 1.15 bits per heavy atom. The van der Waals surface area contributed by atoms with Gasteiger partial charge in [-0.3, -0.25) is 9.59 Å². The van der Waals surface area contributed by atoms with Gasteiger partial charge in [-0.1, -0.05) is 23.3 Å². The summed E-state index contributed by atoms with van der Waals surface area (Å²) in [7, 11) is 0. The number of rotatable bonds is 2. The van der Waals surface area contributed by atoms with Crippen LogP contribution in [0.5, 0.6) is 11.5 Å². The van der Waals surface area contributed by atoms with Gasteiger partial charge in [0.2, 0.25) is 0 Å². The lowest BCUT2D eigenvalue weighted by Gasteiger charge is -2.50. The van der Waals surface area contributed by atoms with Gasteiger partial charge in [-0.25, -0.2) is 0 Å². The molecule has 0 aliphatic heterocycles. The first-order chi connectivity index (χ1) is 12.3. The minimum absolute atomic E-state index is 0.0265. The molecule has 0 saturated carbocycles. The van der Waals surface area contributed by atoms with Gasteiger partial charge in [0.05, 0.1) is 10.8 Å². The summed E-state index contributed by atoms with van der Waals surface area (Å²) in [6, 6.07) is 2.86. The fraction of sp³-hybridized carbons (Fsp3) is 0.364. The zero-order valence-corrected chi connectivity index (χ0v) is 15.2. The van der Waals surface area contributed by atoms with Crippen LogP contribution in [0.25, 0.3) is 0 Å². The number of ketones is 2. The smallest absolute Gasteiger partial charge is 0.167 e. The Bertz CT molecular complexity index is 945. The van der Waals surface area contributed by atoms with Crippen molar-refractivity contribution in [1.82, 2.24) is 0 Å². The summed E-state index contributed by atoms with van der Waals surface area (Å²) < 4.78 is 0. The van der Waals surface area contributed by atoms with Gasteiger partial charge in [-0.15, -0.1) is 0 Å². The molecule has 0 spiro atoms. The third-order valence-electron chi connectivity index (χ3n) is 6.30. The van der Waals surface area contributed by atoms with E-state index in [1.165, 1.54) is 24.3 Å². The molecule has 3 aliphatic rings.